The first kappa shape index (κ1) is 53.2. The largest absolute Gasteiger partial charge is 0.471 e. The monoisotopic (exact) mass is 1010 g/mol. The van der Waals surface area contributed by atoms with Crippen LogP contribution < -0.4 is 5.32 Å². The molecule has 26 atom stereocenters. The van der Waals surface area contributed by atoms with Gasteiger partial charge in [-0.25, -0.2) is 0 Å². The van der Waals surface area contributed by atoms with Crippen molar-refractivity contribution < 1.29 is 96.3 Å². The van der Waals surface area contributed by atoms with Crippen molar-refractivity contribution in [1.29, 1.82) is 0 Å². The lowest BCUT2D eigenvalue weighted by molar-refractivity contribution is -0.389. The molecule has 18 nitrogen and oxygen atoms in total. The topological polar surface area (TPSA) is 254 Å². The lowest BCUT2D eigenvalue weighted by Crippen LogP contribution is -2.66. The van der Waals surface area contributed by atoms with E-state index >= 15 is 0 Å². The van der Waals surface area contributed by atoms with Crippen molar-refractivity contribution in [3.05, 3.63) is 11.6 Å². The zero-order valence-corrected chi connectivity index (χ0v) is 40.9. The molecule has 1 spiro atoms. The number of alkyl halides is 3. The molecular weight excluding hydrogens is 932 g/mol. The Kier molecular flexibility index (Phi) is 15.3. The summed E-state index contributed by atoms with van der Waals surface area (Å²) < 4.78 is 93.8. The lowest BCUT2D eigenvalue weighted by atomic mass is 9.47. The molecule has 0 bridgehead atoms. The Morgan fingerprint density at radius 2 is 1.49 bits per heavy atom. The van der Waals surface area contributed by atoms with Crippen LogP contribution in [0.1, 0.15) is 99.3 Å². The average molecular weight is 1010 g/mol. The highest BCUT2D eigenvalue weighted by Gasteiger charge is 2.69. The molecule has 1 unspecified atom stereocenters. The van der Waals surface area contributed by atoms with Crippen LogP contribution in [0, 0.1) is 46.3 Å². The van der Waals surface area contributed by atoms with Gasteiger partial charge in [-0.3, -0.25) is 4.79 Å². The van der Waals surface area contributed by atoms with Crippen molar-refractivity contribution >= 4 is 5.91 Å². The van der Waals surface area contributed by atoms with Gasteiger partial charge in [0.2, 0.25) is 0 Å². The van der Waals surface area contributed by atoms with Crippen LogP contribution in [0.4, 0.5) is 13.2 Å². The summed E-state index contributed by atoms with van der Waals surface area (Å²) in [5.41, 5.74) is 1.39. The van der Waals surface area contributed by atoms with E-state index in [0.717, 1.165) is 51.6 Å². The zero-order chi connectivity index (χ0) is 50.4. The van der Waals surface area contributed by atoms with Gasteiger partial charge < -0.3 is 83.7 Å². The Hall–Kier alpha value is -1.64. The van der Waals surface area contributed by atoms with Crippen LogP contribution >= 0.6 is 0 Å². The lowest BCUT2D eigenvalue weighted by Gasteiger charge is -2.58. The van der Waals surface area contributed by atoms with Gasteiger partial charge >= 0.3 is 12.1 Å². The van der Waals surface area contributed by atoms with E-state index in [2.05, 4.69) is 33.8 Å². The summed E-state index contributed by atoms with van der Waals surface area (Å²) in [7, 11) is 0. The third-order valence-corrected chi connectivity index (χ3v) is 18.6. The Morgan fingerprint density at radius 1 is 0.786 bits per heavy atom. The van der Waals surface area contributed by atoms with Crippen molar-refractivity contribution in [3.8, 4) is 0 Å². The molecule has 1 amide bonds. The Morgan fingerprint density at radius 3 is 2.17 bits per heavy atom. The number of allylic oxidation sites excluding steroid dienone is 1. The smallest absolute Gasteiger partial charge is 0.394 e. The van der Waals surface area contributed by atoms with Crippen LogP contribution in [0.2, 0.25) is 0 Å². The second kappa shape index (κ2) is 20.1. The molecule has 21 heteroatoms. The summed E-state index contributed by atoms with van der Waals surface area (Å²) in [6, 6.07) is 0. The van der Waals surface area contributed by atoms with Crippen molar-refractivity contribution in [2.45, 2.75) is 216 Å². The number of hydrogen-bond acceptors (Lipinski definition) is 17. The van der Waals surface area contributed by atoms with E-state index in [1.54, 1.807) is 5.32 Å². The number of ether oxygens (including phenoxy) is 9. The van der Waals surface area contributed by atoms with E-state index in [-0.39, 0.29) is 16.9 Å². The van der Waals surface area contributed by atoms with Crippen molar-refractivity contribution in [3.63, 3.8) is 0 Å². The van der Waals surface area contributed by atoms with E-state index in [4.69, 9.17) is 42.6 Å². The molecule has 400 valence electrons. The molecule has 9 aliphatic rings. The number of carbonyl (C=O) groups excluding carboxylic acids is 1. The van der Waals surface area contributed by atoms with Gasteiger partial charge in [0, 0.05) is 18.9 Å². The minimum atomic E-state index is -5.10. The van der Waals surface area contributed by atoms with Crippen LogP contribution in [0.5, 0.6) is 0 Å². The molecule has 9 rings (SSSR count). The van der Waals surface area contributed by atoms with E-state index in [1.807, 2.05) is 0 Å². The van der Waals surface area contributed by atoms with Gasteiger partial charge in [0.05, 0.1) is 44.2 Å². The number of aliphatic hydroxyl groups excluding tert-OH is 7. The molecule has 5 aliphatic heterocycles. The summed E-state index contributed by atoms with van der Waals surface area (Å²) >= 11 is 0. The van der Waals surface area contributed by atoms with Crippen LogP contribution in [0.3, 0.4) is 0 Å². The van der Waals surface area contributed by atoms with Crippen LogP contribution in [0.15, 0.2) is 11.6 Å². The molecule has 0 aromatic heterocycles. The standard InChI is InChI=1S/C49H76F3NO17/c1-21-9-14-48(63-20-21)22(2)32-30(70-48)18-29-27-8-7-25-17-26(10-12-46(25,5)28(27)11-13-47(29,32)6)66-44-41(69-42-36(58)34(56)33(55)23(3)64-42)38(60)40(31(19-54)67-44)68-43-37(59)35(57)39(24(4)65-43)62-16-15-53-45(61)49(50,51)52/h7,21-24,26-44,54-60H,8-20H2,1-6H3,(H,53,61)/t21-,22-,23+,24+,26-,27+,28-,29?,30-,31+,32-,33+,34-,35+,36-,37-,38-,39+,40+,41+,42+,43+,44+,46-,47-,48+/m0/s1. The molecule has 70 heavy (non-hydrogen) atoms. The minimum absolute atomic E-state index is 0.0731. The third-order valence-electron chi connectivity index (χ3n) is 18.6. The number of nitrogens with one attached hydrogen (secondary N) is 1. The molecule has 5 heterocycles. The molecule has 8 fully saturated rings. The van der Waals surface area contributed by atoms with Crippen molar-refractivity contribution in [1.82, 2.24) is 5.32 Å². The minimum Gasteiger partial charge on any atom is -0.394 e. The van der Waals surface area contributed by atoms with Gasteiger partial charge in [-0.15, -0.1) is 0 Å². The highest BCUT2D eigenvalue weighted by molar-refractivity contribution is 5.81. The summed E-state index contributed by atoms with van der Waals surface area (Å²) in [4.78, 5) is 11.2. The predicted molar refractivity (Wildman–Crippen MR) is 236 cm³/mol. The van der Waals surface area contributed by atoms with Gasteiger partial charge in [-0.05, 0) is 106 Å². The molecule has 5 saturated heterocycles. The maximum atomic E-state index is 12.6. The van der Waals surface area contributed by atoms with Crippen LogP contribution in [-0.4, -0.2) is 184 Å². The second-order valence-electron chi connectivity index (χ2n) is 22.7. The highest BCUT2D eigenvalue weighted by atomic mass is 19.4. The summed E-state index contributed by atoms with van der Waals surface area (Å²) in [5.74, 6) is 0.207. The van der Waals surface area contributed by atoms with Crippen molar-refractivity contribution in [2.24, 2.45) is 46.3 Å². The number of rotatable bonds is 11. The van der Waals surface area contributed by atoms with Gasteiger partial charge in [0.1, 0.15) is 61.0 Å². The first-order valence-electron chi connectivity index (χ1n) is 25.6. The number of fused-ring (bicyclic) bond motifs is 7. The molecule has 0 radical (unpaired) electrons. The van der Waals surface area contributed by atoms with Crippen LogP contribution in [-0.2, 0) is 47.4 Å². The van der Waals surface area contributed by atoms with Gasteiger partial charge in [-0.1, -0.05) is 39.3 Å². The molecule has 0 aromatic rings. The first-order valence-corrected chi connectivity index (χ1v) is 25.6. The molecule has 3 saturated carbocycles. The van der Waals surface area contributed by atoms with E-state index in [0.29, 0.717) is 48.3 Å². The third kappa shape index (κ3) is 9.43. The van der Waals surface area contributed by atoms with Gasteiger partial charge in [0.25, 0.3) is 0 Å². The SMILES string of the molecule is C[C@H]1CC[C@@]2(OC1)O[C@H]1CC3[C@@H]4CC=C5C[C@@H](O[C@@H]6O[C@H](CO)[C@@H](O[C@H]7O[C@H](C)[C@@H](OCCNC(=O)C(F)(F)F)[C@H](O)[C@@H]7O)[C@H](O)[C@H]6O[C@H]6O[C@H](C)[C@@H](O)[C@H](O)[C@@H]6O)CC[C@]5(C)[C@H]4CC[C@]3(C)[C@H]1[C@@H]2C. The average Bonchev–Trinajstić information content (AvgIpc) is 3.76. The molecule has 8 N–H and O–H groups in total. The van der Waals surface area contributed by atoms with Crippen molar-refractivity contribution in [2.75, 3.05) is 26.4 Å². The maximum absolute atomic E-state index is 12.6. The molecular formula is C49H76F3NO17. The van der Waals surface area contributed by atoms with Crippen LogP contribution in [0.25, 0.3) is 0 Å². The number of hydrogen-bond donors (Lipinski definition) is 8. The Labute approximate surface area is 406 Å². The van der Waals surface area contributed by atoms with E-state index in [9.17, 15) is 53.7 Å². The number of aliphatic hydroxyl groups is 7. The summed E-state index contributed by atoms with van der Waals surface area (Å²) in [6.45, 7) is 11.4. The van der Waals surface area contributed by atoms with E-state index in [1.165, 1.54) is 19.4 Å². The number of amides is 1. The normalized spacial score (nSPS) is 52.6. The second-order valence-corrected chi connectivity index (χ2v) is 22.7. The van der Waals surface area contributed by atoms with Gasteiger partial charge in [0.15, 0.2) is 24.7 Å². The number of halogens is 3. The highest BCUT2D eigenvalue weighted by Crippen LogP contribution is 2.70. The Bertz CT molecular complexity index is 1880. The molecule has 0 aromatic carbocycles. The summed E-state index contributed by atoms with van der Waals surface area (Å²) in [6.07, 6.45) is -17.3. The molecule has 4 aliphatic carbocycles. The van der Waals surface area contributed by atoms with Gasteiger partial charge in [-0.2, -0.15) is 13.2 Å². The fourth-order valence-corrected chi connectivity index (χ4v) is 14.7. The predicted octanol–water partition coefficient (Wildman–Crippen LogP) is 1.94. The quantitative estimate of drug-likeness (QED) is 0.109. The Balaban J connectivity index is 0.881. The zero-order valence-electron chi connectivity index (χ0n) is 40.9. The van der Waals surface area contributed by atoms with E-state index < -0.39 is 136 Å². The fraction of sp³-hybridized carbons (Fsp3) is 0.939. The summed E-state index contributed by atoms with van der Waals surface area (Å²) in [5, 5.41) is 78.8. The first-order chi connectivity index (χ1) is 33.0. The maximum Gasteiger partial charge on any atom is 0.471 e. The fourth-order valence-electron chi connectivity index (χ4n) is 14.7. The number of carbonyl (C=O) groups is 1.